The van der Waals surface area contributed by atoms with E-state index in [1.165, 1.54) is 22.9 Å². The average molecular weight is 402 g/mol. The van der Waals surface area contributed by atoms with Crippen LogP contribution in [0.4, 0.5) is 0 Å². The summed E-state index contributed by atoms with van der Waals surface area (Å²) in [5.41, 5.74) is 3.59. The molecule has 0 spiro atoms. The van der Waals surface area contributed by atoms with Gasteiger partial charge in [0.2, 0.25) is 5.91 Å². The van der Waals surface area contributed by atoms with Crippen molar-refractivity contribution in [3.8, 4) is 5.69 Å². The number of aromatic nitrogens is 2. The van der Waals surface area contributed by atoms with E-state index in [0.717, 1.165) is 36.8 Å². The molecule has 2 saturated heterocycles. The first kappa shape index (κ1) is 19.5. The summed E-state index contributed by atoms with van der Waals surface area (Å²) in [5, 5.41) is 0.852. The lowest BCUT2D eigenvalue weighted by Crippen LogP contribution is -2.42. The van der Waals surface area contributed by atoms with E-state index in [2.05, 4.69) is 41.6 Å². The van der Waals surface area contributed by atoms with Crippen LogP contribution in [0.2, 0.25) is 0 Å². The second kappa shape index (κ2) is 8.68. The Morgan fingerprint density at radius 3 is 2.71 bits per heavy atom. The highest BCUT2D eigenvalue weighted by Gasteiger charge is 2.31. The summed E-state index contributed by atoms with van der Waals surface area (Å²) >= 11 is 1.50. The molecule has 2 aromatic rings. The molecule has 150 valence electrons. The van der Waals surface area contributed by atoms with Crippen LogP contribution in [-0.2, 0) is 14.3 Å². The fraction of sp³-hybridized carbons (Fsp3) is 0.524. The number of imidazole rings is 1. The zero-order chi connectivity index (χ0) is 19.5. The molecule has 1 amide bonds. The van der Waals surface area contributed by atoms with Crippen molar-refractivity contribution in [2.24, 2.45) is 5.92 Å². The zero-order valence-corrected chi connectivity index (χ0v) is 17.3. The first-order valence-corrected chi connectivity index (χ1v) is 10.9. The number of carbonyl (C=O) groups is 1. The Hall–Kier alpha value is -1.83. The van der Waals surface area contributed by atoms with Gasteiger partial charge in [-0.25, -0.2) is 4.98 Å². The average Bonchev–Trinajstić information content (AvgIpc) is 3.40. The highest BCUT2D eigenvalue weighted by atomic mass is 32.2. The van der Waals surface area contributed by atoms with E-state index >= 15 is 0 Å². The maximum Gasteiger partial charge on any atom is 0.233 e. The number of hydrogen-bond donors (Lipinski definition) is 0. The molecule has 0 unspecified atom stereocenters. The van der Waals surface area contributed by atoms with E-state index in [1.54, 1.807) is 6.20 Å². The molecule has 0 atom stereocenters. The third-order valence-electron chi connectivity index (χ3n) is 5.69. The number of rotatable bonds is 5. The molecule has 7 heteroatoms. The van der Waals surface area contributed by atoms with Gasteiger partial charge >= 0.3 is 0 Å². The van der Waals surface area contributed by atoms with Gasteiger partial charge in [0.15, 0.2) is 11.4 Å². The lowest BCUT2D eigenvalue weighted by Gasteiger charge is -2.33. The van der Waals surface area contributed by atoms with Crippen LogP contribution in [-0.4, -0.2) is 58.7 Å². The number of nitrogens with zero attached hydrogens (tertiary/aromatic N) is 3. The van der Waals surface area contributed by atoms with E-state index in [4.69, 9.17) is 9.47 Å². The highest BCUT2D eigenvalue weighted by molar-refractivity contribution is 7.99. The number of likely N-dealkylation sites (tertiary alicyclic amines) is 1. The van der Waals surface area contributed by atoms with Crippen LogP contribution in [0.3, 0.4) is 0 Å². The number of thioether (sulfide) groups is 1. The number of amides is 1. The first-order valence-electron chi connectivity index (χ1n) is 9.87. The third kappa shape index (κ3) is 4.11. The fourth-order valence-electron chi connectivity index (χ4n) is 3.86. The lowest BCUT2D eigenvalue weighted by molar-refractivity contribution is -0.134. The molecule has 2 aliphatic rings. The van der Waals surface area contributed by atoms with Gasteiger partial charge in [-0.15, -0.1) is 0 Å². The van der Waals surface area contributed by atoms with Crippen molar-refractivity contribution in [3.05, 3.63) is 41.7 Å². The van der Waals surface area contributed by atoms with Crippen LogP contribution in [0.1, 0.15) is 24.0 Å². The van der Waals surface area contributed by atoms with Gasteiger partial charge in [0, 0.05) is 31.4 Å². The van der Waals surface area contributed by atoms with Crippen LogP contribution in [0.25, 0.3) is 5.69 Å². The number of ether oxygens (including phenoxy) is 2. The summed E-state index contributed by atoms with van der Waals surface area (Å²) in [7, 11) is 0. The Balaban J connectivity index is 1.34. The fourth-order valence-corrected chi connectivity index (χ4v) is 4.73. The molecule has 0 bridgehead atoms. The Morgan fingerprint density at radius 2 is 1.96 bits per heavy atom. The van der Waals surface area contributed by atoms with Crippen molar-refractivity contribution >= 4 is 17.7 Å². The van der Waals surface area contributed by atoms with Crippen LogP contribution in [0.15, 0.2) is 35.7 Å². The molecule has 2 aliphatic heterocycles. The number of hydrogen-bond acceptors (Lipinski definition) is 5. The van der Waals surface area contributed by atoms with Gasteiger partial charge in [0.05, 0.1) is 24.7 Å². The number of aryl methyl sites for hydroxylation is 1. The van der Waals surface area contributed by atoms with Crippen molar-refractivity contribution in [2.45, 2.75) is 38.1 Å². The third-order valence-corrected chi connectivity index (χ3v) is 6.64. The van der Waals surface area contributed by atoms with Crippen molar-refractivity contribution in [2.75, 3.05) is 32.1 Å². The molecule has 0 radical (unpaired) electrons. The Morgan fingerprint density at radius 1 is 1.21 bits per heavy atom. The number of carbonyl (C=O) groups excluding carboxylic acids is 1. The molecule has 0 N–H and O–H groups in total. The number of piperidine rings is 1. The Bertz CT molecular complexity index is 824. The molecule has 6 nitrogen and oxygen atoms in total. The predicted octanol–water partition coefficient (Wildman–Crippen LogP) is 3.19. The van der Waals surface area contributed by atoms with E-state index in [9.17, 15) is 4.79 Å². The van der Waals surface area contributed by atoms with Gasteiger partial charge < -0.3 is 14.4 Å². The summed E-state index contributed by atoms with van der Waals surface area (Å²) in [6.45, 7) is 7.15. The Labute approximate surface area is 170 Å². The monoisotopic (exact) mass is 401 g/mol. The standard InChI is InChI=1S/C21H27N3O3S/c1-15-4-3-5-18(16(15)2)24-11-8-22-21(24)28-14-19(25)23-9-6-17(7-10-23)20-26-12-13-27-20/h3-5,8,11,17,20H,6-7,9-10,12-14H2,1-2H3. The molecule has 3 heterocycles. The van der Waals surface area contributed by atoms with Gasteiger partial charge in [-0.05, 0) is 43.9 Å². The van der Waals surface area contributed by atoms with E-state index in [1.807, 2.05) is 11.1 Å². The summed E-state index contributed by atoms with van der Waals surface area (Å²) in [6.07, 6.45) is 5.57. The van der Waals surface area contributed by atoms with Gasteiger partial charge in [-0.3, -0.25) is 9.36 Å². The lowest BCUT2D eigenvalue weighted by atomic mass is 9.96. The summed E-state index contributed by atoms with van der Waals surface area (Å²) in [6, 6.07) is 6.25. The summed E-state index contributed by atoms with van der Waals surface area (Å²) in [4.78, 5) is 19.1. The minimum atomic E-state index is -0.0725. The van der Waals surface area contributed by atoms with Crippen molar-refractivity contribution < 1.29 is 14.3 Å². The molecule has 0 saturated carbocycles. The van der Waals surface area contributed by atoms with E-state index in [-0.39, 0.29) is 12.2 Å². The molecule has 1 aromatic heterocycles. The Kier molecular flexibility index (Phi) is 6.04. The topological polar surface area (TPSA) is 56.6 Å². The van der Waals surface area contributed by atoms with Crippen LogP contribution < -0.4 is 0 Å². The molecule has 28 heavy (non-hydrogen) atoms. The van der Waals surface area contributed by atoms with Crippen LogP contribution in [0, 0.1) is 19.8 Å². The van der Waals surface area contributed by atoms with E-state index in [0.29, 0.717) is 24.9 Å². The summed E-state index contributed by atoms with van der Waals surface area (Å²) in [5.74, 6) is 0.984. The van der Waals surface area contributed by atoms with Gasteiger partial charge in [0.25, 0.3) is 0 Å². The van der Waals surface area contributed by atoms with Crippen molar-refractivity contribution in [3.63, 3.8) is 0 Å². The molecule has 1 aromatic carbocycles. The molecule has 0 aliphatic carbocycles. The van der Waals surface area contributed by atoms with Crippen molar-refractivity contribution in [1.29, 1.82) is 0 Å². The minimum Gasteiger partial charge on any atom is -0.350 e. The first-order chi connectivity index (χ1) is 13.6. The zero-order valence-electron chi connectivity index (χ0n) is 16.5. The van der Waals surface area contributed by atoms with Crippen molar-refractivity contribution in [1.82, 2.24) is 14.5 Å². The molecular formula is C21H27N3O3S. The smallest absolute Gasteiger partial charge is 0.233 e. The molecular weight excluding hydrogens is 374 g/mol. The highest BCUT2D eigenvalue weighted by Crippen LogP contribution is 2.27. The SMILES string of the molecule is Cc1cccc(-n2ccnc2SCC(=O)N2CCC(C3OCCO3)CC2)c1C. The maximum atomic E-state index is 12.7. The normalized spacial score (nSPS) is 18.7. The van der Waals surface area contributed by atoms with Gasteiger partial charge in [-0.2, -0.15) is 0 Å². The van der Waals surface area contributed by atoms with Gasteiger partial charge in [-0.1, -0.05) is 23.9 Å². The summed E-state index contributed by atoms with van der Waals surface area (Å²) < 4.78 is 13.3. The number of benzene rings is 1. The largest absolute Gasteiger partial charge is 0.350 e. The molecule has 4 rings (SSSR count). The van der Waals surface area contributed by atoms with E-state index < -0.39 is 0 Å². The predicted molar refractivity (Wildman–Crippen MR) is 109 cm³/mol. The molecule has 2 fully saturated rings. The van der Waals surface area contributed by atoms with Crippen LogP contribution >= 0.6 is 11.8 Å². The minimum absolute atomic E-state index is 0.0725. The second-order valence-corrected chi connectivity index (χ2v) is 8.36. The second-order valence-electron chi connectivity index (χ2n) is 7.42. The van der Waals surface area contributed by atoms with Gasteiger partial charge in [0.1, 0.15) is 0 Å². The maximum absolute atomic E-state index is 12.7. The van der Waals surface area contributed by atoms with Crippen LogP contribution in [0.5, 0.6) is 0 Å². The quantitative estimate of drug-likeness (QED) is 0.720.